The van der Waals surface area contributed by atoms with Crippen molar-refractivity contribution < 1.29 is 23.1 Å². The minimum Gasteiger partial charge on any atom is -0.507 e. The van der Waals surface area contributed by atoms with Crippen molar-refractivity contribution in [2.75, 3.05) is 11.4 Å². The SMILES string of the molecule is O=C(C1=C(O)c2cccc3c2N(C1)c1ccccc1S3)C(F)(F)F. The van der Waals surface area contributed by atoms with Crippen LogP contribution in [0.5, 0.6) is 0 Å². The first-order chi connectivity index (χ1) is 11.4. The summed E-state index contributed by atoms with van der Waals surface area (Å²) in [5, 5.41) is 10.3. The van der Waals surface area contributed by atoms with Crippen molar-refractivity contribution in [3.63, 3.8) is 0 Å². The molecule has 0 saturated heterocycles. The number of aliphatic hydroxyl groups is 1. The second kappa shape index (κ2) is 5.04. The standard InChI is InChI=1S/C17H10F3NO2S/c18-17(19,20)16(23)10-8-21-11-5-1-2-6-12(11)24-13-7-3-4-9(14(13)21)15(10)22/h1-7,22H,8H2. The molecule has 0 aliphatic carbocycles. The minimum atomic E-state index is -5.03. The smallest absolute Gasteiger partial charge is 0.454 e. The quantitative estimate of drug-likeness (QED) is 0.810. The maximum atomic E-state index is 12.9. The molecule has 0 spiro atoms. The van der Waals surface area contributed by atoms with Crippen LogP contribution in [0.3, 0.4) is 0 Å². The van der Waals surface area contributed by atoms with Gasteiger partial charge in [0.25, 0.3) is 5.78 Å². The van der Waals surface area contributed by atoms with Crippen molar-refractivity contribution in [3.8, 4) is 0 Å². The number of alkyl halides is 3. The lowest BCUT2D eigenvalue weighted by Crippen LogP contribution is -2.35. The first-order valence-electron chi connectivity index (χ1n) is 7.09. The number of hydrogen-bond donors (Lipinski definition) is 1. The molecule has 2 aromatic rings. The Hall–Kier alpha value is -2.41. The van der Waals surface area contributed by atoms with Gasteiger partial charge in [0.1, 0.15) is 5.76 Å². The topological polar surface area (TPSA) is 40.5 Å². The fourth-order valence-corrected chi connectivity index (χ4v) is 4.12. The lowest BCUT2D eigenvalue weighted by atomic mass is 9.96. The zero-order valence-electron chi connectivity index (χ0n) is 12.1. The van der Waals surface area contributed by atoms with Gasteiger partial charge in [-0.2, -0.15) is 13.2 Å². The highest BCUT2D eigenvalue weighted by Crippen LogP contribution is 2.52. The molecular weight excluding hydrogens is 339 g/mol. The van der Waals surface area contributed by atoms with Gasteiger partial charge in [0, 0.05) is 15.4 Å². The highest BCUT2D eigenvalue weighted by Gasteiger charge is 2.45. The third kappa shape index (κ3) is 2.11. The number of aliphatic hydroxyl groups excluding tert-OH is 1. The largest absolute Gasteiger partial charge is 0.507 e. The predicted molar refractivity (Wildman–Crippen MR) is 84.6 cm³/mol. The number of Topliss-reactive ketones (excluding diaryl/α,β-unsaturated/α-hetero) is 1. The third-order valence-electron chi connectivity index (χ3n) is 4.03. The van der Waals surface area contributed by atoms with E-state index in [1.807, 2.05) is 18.2 Å². The minimum absolute atomic E-state index is 0.244. The van der Waals surface area contributed by atoms with Gasteiger partial charge in [0.15, 0.2) is 0 Å². The molecule has 2 aromatic carbocycles. The van der Waals surface area contributed by atoms with Crippen molar-refractivity contribution in [2.45, 2.75) is 16.0 Å². The van der Waals surface area contributed by atoms with Crippen LogP contribution in [0.15, 0.2) is 57.8 Å². The van der Waals surface area contributed by atoms with Gasteiger partial charge in [-0.15, -0.1) is 0 Å². The Morgan fingerprint density at radius 1 is 1.08 bits per heavy atom. The van der Waals surface area contributed by atoms with Crippen LogP contribution in [0.25, 0.3) is 5.76 Å². The van der Waals surface area contributed by atoms with E-state index < -0.39 is 23.3 Å². The molecule has 0 amide bonds. The molecule has 0 bridgehead atoms. The summed E-state index contributed by atoms with van der Waals surface area (Å²) in [5.41, 5.74) is 0.974. The molecule has 4 rings (SSSR count). The van der Waals surface area contributed by atoms with Crippen LogP contribution >= 0.6 is 11.8 Å². The molecule has 0 aromatic heterocycles. The Morgan fingerprint density at radius 3 is 2.54 bits per heavy atom. The van der Waals surface area contributed by atoms with Crippen molar-refractivity contribution in [1.82, 2.24) is 0 Å². The molecule has 0 fully saturated rings. The molecule has 0 atom stereocenters. The monoisotopic (exact) mass is 349 g/mol. The van der Waals surface area contributed by atoms with Crippen LogP contribution in [-0.2, 0) is 4.79 Å². The molecule has 0 unspecified atom stereocenters. The number of carbonyl (C=O) groups is 1. The van der Waals surface area contributed by atoms with Crippen LogP contribution in [0.1, 0.15) is 5.56 Å². The Kier molecular flexibility index (Phi) is 3.18. The van der Waals surface area contributed by atoms with Gasteiger partial charge in [-0.1, -0.05) is 30.0 Å². The van der Waals surface area contributed by atoms with E-state index in [1.54, 1.807) is 23.1 Å². The highest BCUT2D eigenvalue weighted by molar-refractivity contribution is 7.99. The highest BCUT2D eigenvalue weighted by atomic mass is 32.2. The molecular formula is C17H10F3NO2S. The third-order valence-corrected chi connectivity index (χ3v) is 5.15. The summed E-state index contributed by atoms with van der Waals surface area (Å²) in [4.78, 5) is 15.1. The van der Waals surface area contributed by atoms with Gasteiger partial charge in [-0.05, 0) is 24.3 Å². The summed E-state index contributed by atoms with van der Waals surface area (Å²) < 4.78 is 38.7. The number of benzene rings is 2. The molecule has 1 N–H and O–H groups in total. The van der Waals surface area contributed by atoms with E-state index in [2.05, 4.69) is 0 Å². The first kappa shape index (κ1) is 15.1. The number of nitrogens with zero attached hydrogens (tertiary/aromatic N) is 1. The van der Waals surface area contributed by atoms with Gasteiger partial charge < -0.3 is 10.0 Å². The molecule has 2 aliphatic rings. The Balaban J connectivity index is 1.95. The Bertz CT molecular complexity index is 905. The number of anilines is 2. The summed E-state index contributed by atoms with van der Waals surface area (Å²) in [7, 11) is 0. The normalized spacial score (nSPS) is 15.9. The van der Waals surface area contributed by atoms with Crippen LogP contribution in [0, 0.1) is 0 Å². The van der Waals surface area contributed by atoms with Gasteiger partial charge in [0.2, 0.25) is 0 Å². The number of rotatable bonds is 1. The van der Waals surface area contributed by atoms with Crippen LogP contribution in [-0.4, -0.2) is 23.6 Å². The van der Waals surface area contributed by atoms with Crippen molar-refractivity contribution >= 4 is 34.7 Å². The Morgan fingerprint density at radius 2 is 1.79 bits per heavy atom. The second-order valence-electron chi connectivity index (χ2n) is 5.46. The number of para-hydroxylation sites is 2. The van der Waals surface area contributed by atoms with Crippen molar-refractivity contribution in [1.29, 1.82) is 0 Å². The average Bonchev–Trinajstić information content (AvgIpc) is 2.55. The van der Waals surface area contributed by atoms with E-state index in [1.165, 1.54) is 17.8 Å². The maximum Gasteiger partial charge on any atom is 0.454 e. The van der Waals surface area contributed by atoms with E-state index in [9.17, 15) is 23.1 Å². The molecule has 7 heteroatoms. The molecule has 24 heavy (non-hydrogen) atoms. The van der Waals surface area contributed by atoms with E-state index in [-0.39, 0.29) is 12.1 Å². The first-order valence-corrected chi connectivity index (χ1v) is 7.91. The van der Waals surface area contributed by atoms with Gasteiger partial charge in [-0.3, -0.25) is 4.79 Å². The van der Waals surface area contributed by atoms with E-state index in [4.69, 9.17) is 0 Å². The maximum absolute atomic E-state index is 12.9. The van der Waals surface area contributed by atoms with E-state index >= 15 is 0 Å². The lowest BCUT2D eigenvalue weighted by molar-refractivity contribution is -0.166. The second-order valence-corrected chi connectivity index (χ2v) is 6.55. The number of ketones is 1. The zero-order valence-corrected chi connectivity index (χ0v) is 12.9. The summed E-state index contributed by atoms with van der Waals surface area (Å²) in [6.45, 7) is -0.314. The molecule has 2 heterocycles. The van der Waals surface area contributed by atoms with Crippen LogP contribution in [0.4, 0.5) is 24.5 Å². The Labute approximate surface area is 139 Å². The summed E-state index contributed by atoms with van der Waals surface area (Å²) in [6, 6.07) is 12.3. The zero-order chi connectivity index (χ0) is 17.1. The van der Waals surface area contributed by atoms with Crippen LogP contribution < -0.4 is 4.90 Å². The predicted octanol–water partition coefficient (Wildman–Crippen LogP) is 4.70. The van der Waals surface area contributed by atoms with Crippen LogP contribution in [0.2, 0.25) is 0 Å². The van der Waals surface area contributed by atoms with Crippen molar-refractivity contribution in [2.24, 2.45) is 0 Å². The summed E-state index contributed by atoms with van der Waals surface area (Å²) in [5.74, 6) is -2.60. The summed E-state index contributed by atoms with van der Waals surface area (Å²) >= 11 is 1.48. The molecule has 0 saturated carbocycles. The molecule has 3 nitrogen and oxygen atoms in total. The average molecular weight is 349 g/mol. The molecule has 2 aliphatic heterocycles. The molecule has 0 radical (unpaired) electrons. The van der Waals surface area contributed by atoms with E-state index in [0.717, 1.165) is 15.5 Å². The number of carbonyl (C=O) groups excluding carboxylic acids is 1. The van der Waals surface area contributed by atoms with E-state index in [0.29, 0.717) is 5.69 Å². The fraction of sp³-hybridized carbons (Fsp3) is 0.118. The molecule has 122 valence electrons. The lowest BCUT2D eigenvalue weighted by Gasteiger charge is -2.37. The van der Waals surface area contributed by atoms with Gasteiger partial charge >= 0.3 is 6.18 Å². The van der Waals surface area contributed by atoms with Gasteiger partial charge in [0.05, 0.1) is 23.5 Å². The van der Waals surface area contributed by atoms with Crippen molar-refractivity contribution in [3.05, 3.63) is 53.6 Å². The fourth-order valence-electron chi connectivity index (χ4n) is 2.99. The van der Waals surface area contributed by atoms with Gasteiger partial charge in [-0.25, -0.2) is 0 Å². The number of halogens is 3. The number of fused-ring (bicyclic) bond motifs is 2. The summed E-state index contributed by atoms with van der Waals surface area (Å²) in [6.07, 6.45) is -5.03. The number of hydrogen-bond acceptors (Lipinski definition) is 4.